The number of nitrogens with one attached hydrogen (secondary N) is 2. The largest absolute Gasteiger partial charge is 0.475 e. The van der Waals surface area contributed by atoms with Gasteiger partial charge in [0.2, 0.25) is 11.7 Å². The van der Waals surface area contributed by atoms with Crippen LogP contribution in [0.25, 0.3) is 0 Å². The maximum atomic E-state index is 14.1. The highest BCUT2D eigenvalue weighted by Gasteiger charge is 2.64. The molecular formula is C26H40N5O14P. The van der Waals surface area contributed by atoms with Gasteiger partial charge in [0.25, 0.3) is 5.56 Å². The smallest absolute Gasteiger partial charge is 0.444 e. The Morgan fingerprint density at radius 1 is 1.00 bits per heavy atom. The summed E-state index contributed by atoms with van der Waals surface area (Å²) in [6.07, 6.45) is -8.36. The minimum atomic E-state index is -4.25. The third-order valence-corrected chi connectivity index (χ3v) is 7.70. The Hall–Kier alpha value is -3.32. The van der Waals surface area contributed by atoms with E-state index >= 15 is 0 Å². The van der Waals surface area contributed by atoms with Gasteiger partial charge in [0.05, 0.1) is 6.61 Å². The summed E-state index contributed by atoms with van der Waals surface area (Å²) in [6, 6.07) is -1.82. The van der Waals surface area contributed by atoms with Gasteiger partial charge < -0.3 is 34.5 Å². The van der Waals surface area contributed by atoms with Gasteiger partial charge >= 0.3 is 26.1 Å². The summed E-state index contributed by atoms with van der Waals surface area (Å²) in [5.41, 5.74) is -5.09. The molecule has 1 aromatic rings. The van der Waals surface area contributed by atoms with Crippen LogP contribution in [-0.2, 0) is 37.1 Å². The van der Waals surface area contributed by atoms with Crippen LogP contribution in [-0.4, -0.2) is 98.8 Å². The lowest BCUT2D eigenvalue weighted by molar-refractivity contribution is -0.315. The highest BCUT2D eigenvalue weighted by molar-refractivity contribution is 7.48. The molecule has 2 saturated heterocycles. The lowest BCUT2D eigenvalue weighted by Crippen LogP contribution is -2.75. The van der Waals surface area contributed by atoms with E-state index in [9.17, 15) is 34.0 Å². The topological polar surface area (TPSA) is 236 Å². The number of phosphoric acid groups is 1. The normalized spacial score (nSPS) is 27.3. The van der Waals surface area contributed by atoms with E-state index in [1.165, 1.54) is 20.8 Å². The Kier molecular flexibility index (Phi) is 9.06. The standard InChI is InChI=1S/C26H40N5O14P/c1-23(2,3)42-20(33)29-19-28-16-13(17(32)31(19)22(35)44-25(7,8)9)27-14-18(30(16)21(34)43-24(4,5)6)41-12-11-40-46(38,39-10)45-15(12)26(14,36)37/h12,14-15,18,27,36-37H,11H2,1-10H3,(H,28,29,33). The van der Waals surface area contributed by atoms with Crippen molar-refractivity contribution in [1.82, 2.24) is 9.55 Å². The van der Waals surface area contributed by atoms with Gasteiger partial charge in [-0.05, 0) is 62.3 Å². The number of aromatic nitrogens is 2. The Labute approximate surface area is 264 Å². The predicted molar refractivity (Wildman–Crippen MR) is 157 cm³/mol. The van der Waals surface area contributed by atoms with Crippen LogP contribution >= 0.6 is 7.82 Å². The van der Waals surface area contributed by atoms with E-state index < -0.39 is 103 Å². The molecule has 2 amide bonds. The first-order chi connectivity index (χ1) is 20.9. The number of phosphoric ester groups is 1. The van der Waals surface area contributed by atoms with Gasteiger partial charge in [-0.2, -0.15) is 9.55 Å². The van der Waals surface area contributed by atoms with Crippen molar-refractivity contribution in [1.29, 1.82) is 0 Å². The van der Waals surface area contributed by atoms with Gasteiger partial charge in [0, 0.05) is 7.11 Å². The zero-order chi connectivity index (χ0) is 34.8. The molecule has 0 aliphatic carbocycles. The third-order valence-electron chi connectivity index (χ3n) is 6.30. The van der Waals surface area contributed by atoms with Gasteiger partial charge in [-0.1, -0.05) is 0 Å². The van der Waals surface area contributed by atoms with E-state index in [-0.39, 0.29) is 0 Å². The number of hydrogen-bond donors (Lipinski definition) is 4. The van der Waals surface area contributed by atoms with E-state index in [0.29, 0.717) is 9.47 Å². The maximum absolute atomic E-state index is 14.1. The zero-order valence-corrected chi connectivity index (χ0v) is 28.0. The van der Waals surface area contributed by atoms with Crippen LogP contribution in [0.1, 0.15) is 62.3 Å². The Morgan fingerprint density at radius 2 is 1.57 bits per heavy atom. The molecule has 0 radical (unpaired) electrons. The summed E-state index contributed by atoms with van der Waals surface area (Å²) < 4.78 is 50.5. The number of carbonyl (C=O) groups excluding carboxylic acids is 3. The molecule has 0 spiro atoms. The Balaban J connectivity index is 1.93. The molecule has 46 heavy (non-hydrogen) atoms. The first-order valence-corrected chi connectivity index (χ1v) is 15.6. The molecule has 0 bridgehead atoms. The Morgan fingerprint density at radius 3 is 2.11 bits per heavy atom. The molecule has 20 heteroatoms. The van der Waals surface area contributed by atoms with Crippen molar-refractivity contribution in [2.45, 2.75) is 109 Å². The quantitative estimate of drug-likeness (QED) is 0.200. The summed E-state index contributed by atoms with van der Waals surface area (Å²) >= 11 is 0. The first kappa shape index (κ1) is 35.5. The van der Waals surface area contributed by atoms with Crippen LogP contribution in [0.5, 0.6) is 0 Å². The maximum Gasteiger partial charge on any atom is 0.475 e. The minimum absolute atomic E-state index is 0.363. The van der Waals surface area contributed by atoms with E-state index in [2.05, 4.69) is 15.6 Å². The molecule has 4 rings (SSSR count). The fourth-order valence-electron chi connectivity index (χ4n) is 4.62. The van der Waals surface area contributed by atoms with Crippen molar-refractivity contribution in [3.63, 3.8) is 0 Å². The number of amides is 2. The number of hydrogen-bond acceptors (Lipinski definition) is 16. The van der Waals surface area contributed by atoms with Gasteiger partial charge in [-0.3, -0.25) is 23.7 Å². The van der Waals surface area contributed by atoms with Crippen LogP contribution in [0, 0.1) is 0 Å². The lowest BCUT2D eigenvalue weighted by Gasteiger charge is -2.54. The third kappa shape index (κ3) is 7.30. The second-order valence-electron chi connectivity index (χ2n) is 13.7. The predicted octanol–water partition coefficient (Wildman–Crippen LogP) is 2.48. The fourth-order valence-corrected chi connectivity index (χ4v) is 5.77. The van der Waals surface area contributed by atoms with Crippen molar-refractivity contribution < 1.29 is 61.7 Å². The molecule has 19 nitrogen and oxygen atoms in total. The van der Waals surface area contributed by atoms with E-state index in [4.69, 9.17) is 32.5 Å². The molecule has 3 aliphatic heterocycles. The Bertz CT molecular complexity index is 1510. The molecule has 1 aromatic heterocycles. The van der Waals surface area contributed by atoms with Gasteiger partial charge in [-0.15, -0.1) is 0 Å². The first-order valence-electron chi connectivity index (χ1n) is 14.1. The highest BCUT2D eigenvalue weighted by Crippen LogP contribution is 2.56. The van der Waals surface area contributed by atoms with Crippen LogP contribution in [0.3, 0.4) is 0 Å². The second-order valence-corrected chi connectivity index (χ2v) is 15.4. The molecule has 0 saturated carbocycles. The number of aliphatic hydroxyl groups is 2. The molecule has 0 aromatic carbocycles. The van der Waals surface area contributed by atoms with Gasteiger partial charge in [0.1, 0.15) is 34.6 Å². The molecule has 5 atom stereocenters. The van der Waals surface area contributed by atoms with Crippen LogP contribution < -0.4 is 21.1 Å². The summed E-state index contributed by atoms with van der Waals surface area (Å²) in [7, 11) is -3.22. The molecule has 5 unspecified atom stereocenters. The minimum Gasteiger partial charge on any atom is -0.444 e. The van der Waals surface area contributed by atoms with Crippen LogP contribution in [0.15, 0.2) is 4.79 Å². The van der Waals surface area contributed by atoms with E-state index in [1.807, 2.05) is 0 Å². The summed E-state index contributed by atoms with van der Waals surface area (Å²) in [4.78, 5) is 58.9. The van der Waals surface area contributed by atoms with Crippen LogP contribution in [0.4, 0.5) is 31.8 Å². The number of fused-ring (bicyclic) bond motifs is 3. The van der Waals surface area contributed by atoms with Crippen molar-refractivity contribution >= 4 is 43.6 Å². The van der Waals surface area contributed by atoms with Gasteiger partial charge in [0.15, 0.2) is 18.1 Å². The van der Waals surface area contributed by atoms with E-state index in [0.717, 1.165) is 7.11 Å². The van der Waals surface area contributed by atoms with Crippen molar-refractivity contribution in [2.24, 2.45) is 0 Å². The molecule has 3 aliphatic rings. The molecule has 4 heterocycles. The molecule has 258 valence electrons. The number of rotatable bonds is 2. The SMILES string of the molecule is COP1(=O)OCC2OC3C(Nc4c(nc(NC(=O)OC(C)(C)C)n(C(=O)OC(C)(C)C)c4=O)N3C(=O)OC(C)(C)C)C(O)(O)C2O1. The van der Waals surface area contributed by atoms with E-state index in [1.54, 1.807) is 41.5 Å². The van der Waals surface area contributed by atoms with Crippen molar-refractivity contribution in [2.75, 3.05) is 29.3 Å². The average Bonchev–Trinajstić information content (AvgIpc) is 2.85. The highest BCUT2D eigenvalue weighted by atomic mass is 31.2. The number of anilines is 3. The molecule has 4 N–H and O–H groups in total. The number of nitrogens with zero attached hydrogens (tertiary/aromatic N) is 3. The summed E-state index contributed by atoms with van der Waals surface area (Å²) in [6.45, 7) is 13.5. The zero-order valence-electron chi connectivity index (χ0n) is 27.1. The monoisotopic (exact) mass is 677 g/mol. The van der Waals surface area contributed by atoms with Crippen LogP contribution in [0.2, 0.25) is 0 Å². The molecule has 2 fully saturated rings. The summed E-state index contributed by atoms with van der Waals surface area (Å²) in [5.74, 6) is -4.26. The lowest BCUT2D eigenvalue weighted by atomic mass is 9.90. The van der Waals surface area contributed by atoms with Crippen molar-refractivity contribution in [3.8, 4) is 0 Å². The molecular weight excluding hydrogens is 637 g/mol. The average molecular weight is 678 g/mol. The number of carbonyl (C=O) groups is 3. The fraction of sp³-hybridized carbons (Fsp3) is 0.731. The van der Waals surface area contributed by atoms with Gasteiger partial charge in [-0.25, -0.2) is 23.8 Å². The number of ether oxygens (including phenoxy) is 4. The second kappa shape index (κ2) is 11.7. The summed E-state index contributed by atoms with van der Waals surface area (Å²) in [5, 5.41) is 27.7. The van der Waals surface area contributed by atoms with Crippen molar-refractivity contribution in [3.05, 3.63) is 10.4 Å².